The number of hydrogen-bond donors (Lipinski definition) is 2. The average Bonchev–Trinajstić information content (AvgIpc) is 3.46. The highest BCUT2D eigenvalue weighted by molar-refractivity contribution is 6.03. The van der Waals surface area contributed by atoms with E-state index in [1.807, 2.05) is 76.2 Å². The molecule has 0 bridgehead atoms. The number of morpholine rings is 1. The summed E-state index contributed by atoms with van der Waals surface area (Å²) in [5.74, 6) is 1.64. The van der Waals surface area contributed by atoms with Crippen molar-refractivity contribution in [1.29, 1.82) is 0 Å². The molecular weight excluding hydrogens is 520 g/mol. The van der Waals surface area contributed by atoms with Crippen LogP contribution < -0.4 is 11.1 Å². The van der Waals surface area contributed by atoms with E-state index in [1.165, 1.54) is 0 Å². The van der Waals surface area contributed by atoms with Gasteiger partial charge in [0, 0.05) is 41.7 Å². The summed E-state index contributed by atoms with van der Waals surface area (Å²) >= 11 is 0. The number of ether oxygens (including phenoxy) is 1. The van der Waals surface area contributed by atoms with Crippen molar-refractivity contribution < 1.29 is 18.7 Å². The van der Waals surface area contributed by atoms with Crippen LogP contribution in [0.5, 0.6) is 0 Å². The van der Waals surface area contributed by atoms with Crippen LogP contribution in [0.2, 0.25) is 0 Å². The van der Waals surface area contributed by atoms with E-state index in [-0.39, 0.29) is 28.9 Å². The minimum atomic E-state index is -0.341. The highest BCUT2D eigenvalue weighted by atomic mass is 16.5. The molecule has 2 aromatic carbocycles. The van der Waals surface area contributed by atoms with E-state index < -0.39 is 0 Å². The molecule has 10 heteroatoms. The molecule has 212 valence electrons. The number of aromatic nitrogens is 3. The van der Waals surface area contributed by atoms with E-state index in [1.54, 1.807) is 11.0 Å². The molecule has 3 heterocycles. The third kappa shape index (κ3) is 6.44. The largest absolute Gasteiger partial charge is 0.455 e. The van der Waals surface area contributed by atoms with E-state index >= 15 is 0 Å². The molecule has 41 heavy (non-hydrogen) atoms. The molecule has 1 aliphatic heterocycles. The summed E-state index contributed by atoms with van der Waals surface area (Å²) in [7, 11) is 0. The minimum absolute atomic E-state index is 0.00400. The lowest BCUT2D eigenvalue weighted by atomic mass is 9.94. The molecule has 4 aromatic rings. The fourth-order valence-electron chi connectivity index (χ4n) is 4.59. The number of hydrogen-bond acceptors (Lipinski definition) is 8. The van der Waals surface area contributed by atoms with E-state index in [2.05, 4.69) is 20.3 Å². The van der Waals surface area contributed by atoms with Crippen LogP contribution in [0.3, 0.4) is 0 Å². The number of nitrogens with one attached hydrogen (secondary N) is 1. The zero-order chi connectivity index (χ0) is 29.1. The lowest BCUT2D eigenvalue weighted by Crippen LogP contribution is -2.40. The van der Waals surface area contributed by atoms with Gasteiger partial charge in [0.05, 0.1) is 13.2 Å². The third-order valence-electron chi connectivity index (χ3n) is 6.95. The Morgan fingerprint density at radius 3 is 2.39 bits per heavy atom. The number of amides is 2. The lowest BCUT2D eigenvalue weighted by molar-refractivity contribution is 0.0303. The van der Waals surface area contributed by atoms with Crippen LogP contribution in [0.25, 0.3) is 11.4 Å². The van der Waals surface area contributed by atoms with Gasteiger partial charge in [-0.1, -0.05) is 45.0 Å². The summed E-state index contributed by atoms with van der Waals surface area (Å²) in [6.07, 6.45) is 0.413. The number of benzene rings is 2. The zero-order valence-corrected chi connectivity index (χ0v) is 23.7. The van der Waals surface area contributed by atoms with Crippen LogP contribution in [0, 0.1) is 6.92 Å². The summed E-state index contributed by atoms with van der Waals surface area (Å²) in [6, 6.07) is 16.4. The molecule has 2 aromatic heterocycles. The molecule has 1 aliphatic rings. The number of furan rings is 1. The first-order valence-corrected chi connectivity index (χ1v) is 13.6. The van der Waals surface area contributed by atoms with Gasteiger partial charge in [0.25, 0.3) is 11.8 Å². The quantitative estimate of drug-likeness (QED) is 0.352. The van der Waals surface area contributed by atoms with E-state index in [4.69, 9.17) is 14.9 Å². The number of nitrogen functional groups attached to an aromatic ring is 1. The molecule has 2 amide bonds. The Morgan fingerprint density at radius 1 is 0.976 bits per heavy atom. The molecule has 0 aliphatic carbocycles. The maximum absolute atomic E-state index is 12.9. The molecule has 1 fully saturated rings. The fourth-order valence-corrected chi connectivity index (χ4v) is 4.59. The van der Waals surface area contributed by atoms with Crippen LogP contribution in [0.4, 0.5) is 11.6 Å². The second-order valence-electron chi connectivity index (χ2n) is 11.1. The fraction of sp³-hybridized carbons (Fsp3) is 0.323. The summed E-state index contributed by atoms with van der Waals surface area (Å²) < 4.78 is 11.1. The predicted molar refractivity (Wildman–Crippen MR) is 156 cm³/mol. The molecule has 0 radical (unpaired) electrons. The van der Waals surface area contributed by atoms with E-state index in [0.717, 1.165) is 22.5 Å². The van der Waals surface area contributed by atoms with Gasteiger partial charge in [-0.25, -0.2) is 4.98 Å². The number of nitrogens with zero attached hydrogens (tertiary/aromatic N) is 4. The Labute approximate surface area is 239 Å². The summed E-state index contributed by atoms with van der Waals surface area (Å²) in [4.78, 5) is 40.9. The van der Waals surface area contributed by atoms with Crippen LogP contribution in [0.15, 0.2) is 59.0 Å². The van der Waals surface area contributed by atoms with Crippen LogP contribution in [-0.2, 0) is 16.6 Å². The van der Waals surface area contributed by atoms with Gasteiger partial charge >= 0.3 is 0 Å². The topological polar surface area (TPSA) is 136 Å². The maximum atomic E-state index is 12.9. The van der Waals surface area contributed by atoms with Crippen molar-refractivity contribution in [3.8, 4) is 11.4 Å². The summed E-state index contributed by atoms with van der Waals surface area (Å²) in [5.41, 5.74) is 9.56. The third-order valence-corrected chi connectivity index (χ3v) is 6.95. The van der Waals surface area contributed by atoms with E-state index in [0.29, 0.717) is 55.6 Å². The second kappa shape index (κ2) is 11.5. The lowest BCUT2D eigenvalue weighted by Gasteiger charge is -2.26. The first-order chi connectivity index (χ1) is 19.6. The Bertz CT molecular complexity index is 1570. The molecular formula is C31H34N6O4. The maximum Gasteiger partial charge on any atom is 0.291 e. The van der Waals surface area contributed by atoms with Crippen LogP contribution in [0.1, 0.15) is 64.4 Å². The molecule has 3 N–H and O–H groups in total. The predicted octanol–water partition coefficient (Wildman–Crippen LogP) is 4.64. The monoisotopic (exact) mass is 554 g/mol. The van der Waals surface area contributed by atoms with Gasteiger partial charge in [-0.2, -0.15) is 9.97 Å². The Balaban J connectivity index is 1.33. The van der Waals surface area contributed by atoms with Crippen molar-refractivity contribution in [2.45, 2.75) is 39.5 Å². The smallest absolute Gasteiger partial charge is 0.291 e. The number of carbonyl (C=O) groups is 2. The van der Waals surface area contributed by atoms with Crippen molar-refractivity contribution in [2.24, 2.45) is 0 Å². The van der Waals surface area contributed by atoms with Gasteiger partial charge in [-0.3, -0.25) is 9.59 Å². The highest BCUT2D eigenvalue weighted by Gasteiger charge is 2.22. The zero-order valence-electron chi connectivity index (χ0n) is 23.7. The molecule has 0 unspecified atom stereocenters. The van der Waals surface area contributed by atoms with Crippen molar-refractivity contribution in [3.63, 3.8) is 0 Å². The van der Waals surface area contributed by atoms with Crippen LogP contribution >= 0.6 is 0 Å². The highest BCUT2D eigenvalue weighted by Crippen LogP contribution is 2.29. The van der Waals surface area contributed by atoms with Crippen molar-refractivity contribution in [3.05, 3.63) is 88.6 Å². The summed E-state index contributed by atoms with van der Waals surface area (Å²) in [6.45, 7) is 10.3. The number of carbonyl (C=O) groups excluding carboxylic acids is 2. The Hall–Kier alpha value is -4.57. The second-order valence-corrected chi connectivity index (χ2v) is 11.1. The van der Waals surface area contributed by atoms with Crippen molar-refractivity contribution >= 4 is 23.5 Å². The van der Waals surface area contributed by atoms with E-state index in [9.17, 15) is 9.59 Å². The van der Waals surface area contributed by atoms with Gasteiger partial charge in [-0.05, 0) is 48.4 Å². The van der Waals surface area contributed by atoms with Crippen LogP contribution in [-0.4, -0.2) is 58.0 Å². The number of nitrogens with two attached hydrogens (primary N) is 1. The number of anilines is 2. The molecule has 0 saturated carbocycles. The van der Waals surface area contributed by atoms with Gasteiger partial charge in [0.2, 0.25) is 5.95 Å². The normalized spacial score (nSPS) is 13.7. The average molecular weight is 555 g/mol. The Kier molecular flexibility index (Phi) is 7.85. The SMILES string of the molecule is Cc1c(NC(=O)c2ccc(C(C)(C)C)o2)cccc1-c1nc(N)nc(Cc2ccc(C(=O)N3CCOCC3)cc2)n1. The minimum Gasteiger partial charge on any atom is -0.455 e. The van der Waals surface area contributed by atoms with Gasteiger partial charge in [0.1, 0.15) is 11.6 Å². The molecule has 5 rings (SSSR count). The van der Waals surface area contributed by atoms with Crippen molar-refractivity contribution in [2.75, 3.05) is 37.4 Å². The van der Waals surface area contributed by atoms with Gasteiger partial charge < -0.3 is 25.1 Å². The molecule has 0 spiro atoms. The molecule has 1 saturated heterocycles. The Morgan fingerprint density at radius 2 is 1.71 bits per heavy atom. The first-order valence-electron chi connectivity index (χ1n) is 13.6. The van der Waals surface area contributed by atoms with Crippen molar-refractivity contribution in [1.82, 2.24) is 19.9 Å². The summed E-state index contributed by atoms with van der Waals surface area (Å²) in [5, 5.41) is 2.94. The van der Waals surface area contributed by atoms with Gasteiger partial charge in [0.15, 0.2) is 11.6 Å². The standard InChI is InChI=1S/C31H34N6O4/c1-19-22(6-5-7-23(19)33-28(38)24-12-13-25(41-24)31(2,3)4)27-34-26(35-30(32)36-27)18-20-8-10-21(11-9-20)29(39)37-14-16-40-17-15-37/h5-13H,14-18H2,1-4H3,(H,33,38)(H2,32,34,35,36). The first kappa shape index (κ1) is 28.0. The molecule has 0 atom stereocenters. The number of rotatable bonds is 6. The van der Waals surface area contributed by atoms with Gasteiger partial charge in [-0.15, -0.1) is 0 Å². The molecule has 10 nitrogen and oxygen atoms in total.